The van der Waals surface area contributed by atoms with Crippen LogP contribution < -0.4 is 14.9 Å². The van der Waals surface area contributed by atoms with Gasteiger partial charge in [-0.3, -0.25) is 9.36 Å². The molecule has 0 bridgehead atoms. The van der Waals surface area contributed by atoms with Crippen LogP contribution in [0.3, 0.4) is 0 Å². The van der Waals surface area contributed by atoms with Crippen LogP contribution in [0.4, 0.5) is 4.39 Å². The van der Waals surface area contributed by atoms with Crippen LogP contribution in [0.25, 0.3) is 22.7 Å². The van der Waals surface area contributed by atoms with Gasteiger partial charge in [0, 0.05) is 35.3 Å². The number of thiazole rings is 1. The average Bonchev–Trinajstić information content (AvgIpc) is 3.44. The van der Waals surface area contributed by atoms with Crippen molar-refractivity contribution in [1.82, 2.24) is 9.13 Å². The molecule has 0 saturated carbocycles. The number of nitrogens with zero attached hydrogens (tertiary/aromatic N) is 3. The number of aromatic nitrogens is 2. The molecule has 8 heteroatoms. The molecule has 3 aromatic carbocycles. The first-order valence-corrected chi connectivity index (χ1v) is 13.4. The standard InChI is InChI=1S/C31H24FN3O3S/c1-3-38-30(37)26-27(19-9-5-4-6-10-19)33-31-35(28(26)20-13-15-22(32)16-14-20)29(36)25(39-31)17-21-18-34(2)24-12-8-7-11-23(21)24/h4-18,28H,3H2,1-2H3/b25-17+/t28-/m1/s1. The summed E-state index contributed by atoms with van der Waals surface area (Å²) >= 11 is 1.26. The highest BCUT2D eigenvalue weighted by atomic mass is 32.1. The molecule has 2 aromatic heterocycles. The minimum atomic E-state index is -0.842. The van der Waals surface area contributed by atoms with Gasteiger partial charge in [-0.05, 0) is 36.8 Å². The maximum Gasteiger partial charge on any atom is 0.338 e. The zero-order chi connectivity index (χ0) is 27.1. The first-order chi connectivity index (χ1) is 19.0. The number of carbonyl (C=O) groups excluding carboxylic acids is 1. The van der Waals surface area contributed by atoms with Crippen LogP contribution >= 0.6 is 11.3 Å². The molecule has 0 unspecified atom stereocenters. The molecule has 0 amide bonds. The Hall–Kier alpha value is -4.56. The summed E-state index contributed by atoms with van der Waals surface area (Å²) in [5, 5.41) is 1.03. The van der Waals surface area contributed by atoms with E-state index in [1.54, 1.807) is 19.1 Å². The number of halogens is 1. The van der Waals surface area contributed by atoms with E-state index in [0.29, 0.717) is 20.6 Å². The van der Waals surface area contributed by atoms with Crippen LogP contribution in [0, 0.1) is 5.82 Å². The summed E-state index contributed by atoms with van der Waals surface area (Å²) in [5.74, 6) is -0.982. The molecule has 0 radical (unpaired) electrons. The van der Waals surface area contributed by atoms with Gasteiger partial charge >= 0.3 is 5.97 Å². The van der Waals surface area contributed by atoms with E-state index in [1.807, 2.05) is 78.5 Å². The predicted molar refractivity (Wildman–Crippen MR) is 150 cm³/mol. The van der Waals surface area contributed by atoms with E-state index in [4.69, 9.17) is 9.73 Å². The molecule has 1 aliphatic heterocycles. The Bertz CT molecular complexity index is 1930. The van der Waals surface area contributed by atoms with Gasteiger partial charge in [-0.2, -0.15) is 0 Å². The van der Waals surface area contributed by atoms with E-state index in [9.17, 15) is 14.0 Å². The van der Waals surface area contributed by atoms with Crippen LogP contribution in [-0.4, -0.2) is 21.7 Å². The lowest BCUT2D eigenvalue weighted by Crippen LogP contribution is -2.40. The SMILES string of the molecule is CCOC(=O)C1=C(c2ccccc2)N=c2s/c(=C/c3cn(C)c4ccccc34)c(=O)n2[C@@H]1c1ccc(F)cc1. The van der Waals surface area contributed by atoms with Gasteiger partial charge in [0.15, 0.2) is 4.80 Å². The normalized spacial score (nSPS) is 15.4. The molecule has 1 aliphatic rings. The molecule has 1 atom stereocenters. The van der Waals surface area contributed by atoms with Crippen molar-refractivity contribution < 1.29 is 13.9 Å². The van der Waals surface area contributed by atoms with Crippen molar-refractivity contribution in [1.29, 1.82) is 0 Å². The van der Waals surface area contributed by atoms with Crippen molar-refractivity contribution in [3.63, 3.8) is 0 Å². The third-order valence-corrected chi connectivity index (χ3v) is 7.76. The molecule has 0 N–H and O–H groups in total. The van der Waals surface area contributed by atoms with Crippen molar-refractivity contribution in [3.8, 4) is 0 Å². The van der Waals surface area contributed by atoms with Crippen molar-refractivity contribution in [2.75, 3.05) is 6.61 Å². The van der Waals surface area contributed by atoms with Gasteiger partial charge in [0.25, 0.3) is 5.56 Å². The van der Waals surface area contributed by atoms with Crippen molar-refractivity contribution in [3.05, 3.63) is 133 Å². The third kappa shape index (κ3) is 4.32. The monoisotopic (exact) mass is 537 g/mol. The molecule has 0 saturated heterocycles. The van der Waals surface area contributed by atoms with E-state index in [2.05, 4.69) is 0 Å². The number of rotatable bonds is 5. The summed E-state index contributed by atoms with van der Waals surface area (Å²) in [5.41, 5.74) is 3.65. The minimum absolute atomic E-state index is 0.159. The number of ether oxygens (including phenoxy) is 1. The van der Waals surface area contributed by atoms with E-state index in [1.165, 1.54) is 28.0 Å². The second-order valence-electron chi connectivity index (χ2n) is 9.20. The first kappa shape index (κ1) is 24.8. The maximum atomic E-state index is 14.0. The largest absolute Gasteiger partial charge is 0.463 e. The third-order valence-electron chi connectivity index (χ3n) is 6.77. The lowest BCUT2D eigenvalue weighted by Gasteiger charge is -2.25. The smallest absolute Gasteiger partial charge is 0.338 e. The summed E-state index contributed by atoms with van der Waals surface area (Å²) < 4.78 is 23.4. The highest BCUT2D eigenvalue weighted by Crippen LogP contribution is 2.35. The average molecular weight is 538 g/mol. The zero-order valence-electron chi connectivity index (χ0n) is 21.3. The van der Waals surface area contributed by atoms with Gasteiger partial charge in [-0.1, -0.05) is 72.0 Å². The fourth-order valence-electron chi connectivity index (χ4n) is 5.03. The number of benzene rings is 3. The molecule has 6 nitrogen and oxygen atoms in total. The summed E-state index contributed by atoms with van der Waals surface area (Å²) in [6.07, 6.45) is 3.85. The fourth-order valence-corrected chi connectivity index (χ4v) is 6.02. The Morgan fingerprint density at radius 3 is 2.51 bits per heavy atom. The van der Waals surface area contributed by atoms with E-state index < -0.39 is 17.8 Å². The highest BCUT2D eigenvalue weighted by Gasteiger charge is 2.35. The van der Waals surface area contributed by atoms with Gasteiger partial charge < -0.3 is 9.30 Å². The second kappa shape index (κ2) is 9.96. The topological polar surface area (TPSA) is 65.6 Å². The van der Waals surface area contributed by atoms with E-state index >= 15 is 0 Å². The molecular formula is C31H24FN3O3S. The Balaban J connectivity index is 1.66. The lowest BCUT2D eigenvalue weighted by molar-refractivity contribution is -0.138. The summed E-state index contributed by atoms with van der Waals surface area (Å²) in [7, 11) is 1.97. The Labute approximate surface area is 227 Å². The molecule has 5 aromatic rings. The highest BCUT2D eigenvalue weighted by molar-refractivity contribution is 7.07. The van der Waals surface area contributed by atoms with Crippen molar-refractivity contribution in [2.24, 2.45) is 12.0 Å². The van der Waals surface area contributed by atoms with Crippen LogP contribution in [-0.2, 0) is 16.6 Å². The molecule has 39 heavy (non-hydrogen) atoms. The minimum Gasteiger partial charge on any atom is -0.463 e. The predicted octanol–water partition coefficient (Wildman–Crippen LogP) is 4.57. The molecule has 6 rings (SSSR count). The van der Waals surface area contributed by atoms with Gasteiger partial charge in [-0.15, -0.1) is 0 Å². The molecule has 3 heterocycles. The van der Waals surface area contributed by atoms with Crippen LogP contribution in [0.2, 0.25) is 0 Å². The number of para-hydroxylation sites is 1. The van der Waals surface area contributed by atoms with E-state index in [-0.39, 0.29) is 17.7 Å². The zero-order valence-corrected chi connectivity index (χ0v) is 22.1. The van der Waals surface area contributed by atoms with E-state index in [0.717, 1.165) is 22.0 Å². The van der Waals surface area contributed by atoms with Crippen molar-refractivity contribution in [2.45, 2.75) is 13.0 Å². The Morgan fingerprint density at radius 2 is 1.77 bits per heavy atom. The number of aryl methyl sites for hydroxylation is 1. The first-order valence-electron chi connectivity index (χ1n) is 12.5. The van der Waals surface area contributed by atoms with Crippen LogP contribution in [0.15, 0.2) is 100 Å². The Morgan fingerprint density at radius 1 is 1.05 bits per heavy atom. The van der Waals surface area contributed by atoms with Crippen LogP contribution in [0.5, 0.6) is 0 Å². The molecule has 0 aliphatic carbocycles. The second-order valence-corrected chi connectivity index (χ2v) is 10.2. The molecule has 0 spiro atoms. The summed E-state index contributed by atoms with van der Waals surface area (Å²) in [4.78, 5) is 32.8. The number of hydrogen-bond acceptors (Lipinski definition) is 5. The van der Waals surface area contributed by atoms with Crippen molar-refractivity contribution >= 4 is 40.0 Å². The summed E-state index contributed by atoms with van der Waals surface area (Å²) in [6, 6.07) is 22.3. The van der Waals surface area contributed by atoms with Crippen LogP contribution in [0.1, 0.15) is 29.7 Å². The maximum absolute atomic E-state index is 14.0. The molecule has 0 fully saturated rings. The number of esters is 1. The lowest BCUT2D eigenvalue weighted by atomic mass is 9.93. The number of hydrogen-bond donors (Lipinski definition) is 0. The van der Waals surface area contributed by atoms with Gasteiger partial charge in [0.1, 0.15) is 5.82 Å². The Kier molecular flexibility index (Phi) is 6.32. The summed E-state index contributed by atoms with van der Waals surface area (Å²) in [6.45, 7) is 1.89. The molecule has 194 valence electrons. The van der Waals surface area contributed by atoms with Gasteiger partial charge in [0.2, 0.25) is 0 Å². The molecular weight excluding hydrogens is 513 g/mol. The number of fused-ring (bicyclic) bond motifs is 2. The quantitative estimate of drug-likeness (QED) is 0.309. The number of carbonyl (C=O) groups is 1. The van der Waals surface area contributed by atoms with Gasteiger partial charge in [0.05, 0.1) is 28.5 Å². The fraction of sp³-hybridized carbons (Fsp3) is 0.129. The van der Waals surface area contributed by atoms with Gasteiger partial charge in [-0.25, -0.2) is 14.2 Å².